The summed E-state index contributed by atoms with van der Waals surface area (Å²) in [6, 6.07) is 7.89. The molecular formula is C13H17N3O2. The first-order valence-electron chi connectivity index (χ1n) is 5.96. The molecule has 0 spiro atoms. The lowest BCUT2D eigenvalue weighted by atomic mass is 10.1. The normalized spacial score (nSPS) is 10.8. The summed E-state index contributed by atoms with van der Waals surface area (Å²) in [5.74, 6) is 0.708. The Kier molecular flexibility index (Phi) is 4.07. The van der Waals surface area contributed by atoms with Gasteiger partial charge in [-0.15, -0.1) is 5.10 Å². The Bertz CT molecular complexity index is 525. The molecule has 96 valence electrons. The Morgan fingerprint density at radius 1 is 1.00 bits per heavy atom. The zero-order valence-electron chi connectivity index (χ0n) is 10.4. The highest BCUT2D eigenvalue weighted by atomic mass is 16.3. The van der Waals surface area contributed by atoms with Crippen molar-refractivity contribution in [2.75, 3.05) is 31.2 Å². The molecule has 2 rings (SSSR count). The van der Waals surface area contributed by atoms with E-state index in [0.717, 1.165) is 16.5 Å². The number of aliphatic hydroxyl groups is 2. The van der Waals surface area contributed by atoms with Crippen LogP contribution in [0.5, 0.6) is 0 Å². The van der Waals surface area contributed by atoms with Gasteiger partial charge in [0.15, 0.2) is 5.82 Å². The van der Waals surface area contributed by atoms with Crippen LogP contribution in [0, 0.1) is 6.92 Å². The lowest BCUT2D eigenvalue weighted by Crippen LogP contribution is -2.31. The van der Waals surface area contributed by atoms with Crippen molar-refractivity contribution in [1.29, 1.82) is 0 Å². The Balaban J connectivity index is 2.52. The number of aromatic nitrogens is 2. The predicted octanol–water partition coefficient (Wildman–Crippen LogP) is 0.729. The summed E-state index contributed by atoms with van der Waals surface area (Å²) in [5.41, 5.74) is 0.877. The number of rotatable bonds is 5. The van der Waals surface area contributed by atoms with Gasteiger partial charge in [-0.25, -0.2) is 0 Å². The second-order valence-electron chi connectivity index (χ2n) is 4.09. The lowest BCUT2D eigenvalue weighted by Gasteiger charge is -2.22. The number of aliphatic hydroxyl groups excluding tert-OH is 2. The molecule has 0 unspecified atom stereocenters. The fourth-order valence-corrected chi connectivity index (χ4v) is 2.02. The molecule has 0 saturated carbocycles. The van der Waals surface area contributed by atoms with E-state index in [0.29, 0.717) is 18.9 Å². The van der Waals surface area contributed by atoms with Crippen LogP contribution in [0.25, 0.3) is 10.8 Å². The number of nitrogens with zero attached hydrogens (tertiary/aromatic N) is 3. The van der Waals surface area contributed by atoms with E-state index in [1.54, 1.807) is 0 Å². The number of anilines is 1. The molecule has 0 fully saturated rings. The predicted molar refractivity (Wildman–Crippen MR) is 70.7 cm³/mol. The Morgan fingerprint density at radius 2 is 1.61 bits per heavy atom. The van der Waals surface area contributed by atoms with Crippen molar-refractivity contribution in [2.24, 2.45) is 0 Å². The highest BCUT2D eigenvalue weighted by Gasteiger charge is 2.12. The van der Waals surface area contributed by atoms with Gasteiger partial charge in [0.05, 0.1) is 18.9 Å². The maximum Gasteiger partial charge on any atom is 0.159 e. The van der Waals surface area contributed by atoms with Crippen LogP contribution in [0.15, 0.2) is 24.3 Å². The van der Waals surface area contributed by atoms with Gasteiger partial charge in [0, 0.05) is 23.9 Å². The van der Waals surface area contributed by atoms with E-state index in [1.165, 1.54) is 0 Å². The molecule has 0 bridgehead atoms. The highest BCUT2D eigenvalue weighted by molar-refractivity contribution is 5.93. The molecule has 0 radical (unpaired) electrons. The largest absolute Gasteiger partial charge is 0.395 e. The fraction of sp³-hybridized carbons (Fsp3) is 0.385. The van der Waals surface area contributed by atoms with Crippen molar-refractivity contribution >= 4 is 16.6 Å². The number of benzene rings is 1. The fourth-order valence-electron chi connectivity index (χ4n) is 2.02. The number of hydrogen-bond donors (Lipinski definition) is 2. The summed E-state index contributed by atoms with van der Waals surface area (Å²) < 4.78 is 0. The molecule has 1 aromatic heterocycles. The van der Waals surface area contributed by atoms with Crippen LogP contribution in [0.2, 0.25) is 0 Å². The van der Waals surface area contributed by atoms with E-state index in [-0.39, 0.29) is 13.2 Å². The summed E-state index contributed by atoms with van der Waals surface area (Å²) in [7, 11) is 0. The maximum atomic E-state index is 9.08. The number of hydrogen-bond acceptors (Lipinski definition) is 5. The van der Waals surface area contributed by atoms with Crippen LogP contribution in [0.3, 0.4) is 0 Å². The number of fused-ring (bicyclic) bond motifs is 1. The third-order valence-corrected chi connectivity index (χ3v) is 2.89. The van der Waals surface area contributed by atoms with Crippen molar-refractivity contribution in [3.63, 3.8) is 0 Å². The molecule has 0 atom stereocenters. The zero-order valence-corrected chi connectivity index (χ0v) is 10.4. The minimum Gasteiger partial charge on any atom is -0.395 e. The third-order valence-electron chi connectivity index (χ3n) is 2.89. The molecule has 2 aromatic rings. The summed E-state index contributed by atoms with van der Waals surface area (Å²) in [6.45, 7) is 2.82. The SMILES string of the molecule is Cc1nnc(N(CCO)CCO)c2ccccc12. The summed E-state index contributed by atoms with van der Waals surface area (Å²) in [4.78, 5) is 1.84. The molecule has 2 N–H and O–H groups in total. The second-order valence-corrected chi connectivity index (χ2v) is 4.09. The minimum atomic E-state index is 0.0177. The highest BCUT2D eigenvalue weighted by Crippen LogP contribution is 2.24. The topological polar surface area (TPSA) is 69.5 Å². The number of aryl methyl sites for hydroxylation is 1. The van der Waals surface area contributed by atoms with Gasteiger partial charge in [0.2, 0.25) is 0 Å². The van der Waals surface area contributed by atoms with Crippen molar-refractivity contribution in [3.05, 3.63) is 30.0 Å². The van der Waals surface area contributed by atoms with Crippen LogP contribution < -0.4 is 4.90 Å². The molecule has 0 aliphatic heterocycles. The van der Waals surface area contributed by atoms with Gasteiger partial charge >= 0.3 is 0 Å². The monoisotopic (exact) mass is 247 g/mol. The molecule has 0 aliphatic rings. The molecule has 5 nitrogen and oxygen atoms in total. The van der Waals surface area contributed by atoms with Crippen LogP contribution in [-0.2, 0) is 0 Å². The molecule has 0 amide bonds. The summed E-state index contributed by atoms with van der Waals surface area (Å²) in [6.07, 6.45) is 0. The summed E-state index contributed by atoms with van der Waals surface area (Å²) in [5, 5.41) is 28.5. The molecular weight excluding hydrogens is 230 g/mol. The average Bonchev–Trinajstić information content (AvgIpc) is 2.39. The summed E-state index contributed by atoms with van der Waals surface area (Å²) >= 11 is 0. The van der Waals surface area contributed by atoms with Crippen LogP contribution in [-0.4, -0.2) is 46.7 Å². The van der Waals surface area contributed by atoms with E-state index in [4.69, 9.17) is 10.2 Å². The van der Waals surface area contributed by atoms with Crippen molar-refractivity contribution in [3.8, 4) is 0 Å². The van der Waals surface area contributed by atoms with Gasteiger partial charge in [0.25, 0.3) is 0 Å². The first-order chi connectivity index (χ1) is 8.77. The smallest absolute Gasteiger partial charge is 0.159 e. The molecule has 18 heavy (non-hydrogen) atoms. The van der Waals surface area contributed by atoms with Gasteiger partial charge < -0.3 is 15.1 Å². The Hall–Kier alpha value is -1.72. The second kappa shape index (κ2) is 5.75. The minimum absolute atomic E-state index is 0.0177. The maximum absolute atomic E-state index is 9.08. The van der Waals surface area contributed by atoms with Crippen LogP contribution in [0.1, 0.15) is 5.69 Å². The van der Waals surface area contributed by atoms with E-state index < -0.39 is 0 Å². The van der Waals surface area contributed by atoms with Gasteiger partial charge in [-0.1, -0.05) is 24.3 Å². The average molecular weight is 247 g/mol. The van der Waals surface area contributed by atoms with Gasteiger partial charge in [-0.2, -0.15) is 5.10 Å². The molecule has 5 heteroatoms. The van der Waals surface area contributed by atoms with E-state index in [1.807, 2.05) is 36.1 Å². The van der Waals surface area contributed by atoms with Crippen molar-refractivity contribution in [2.45, 2.75) is 6.92 Å². The quantitative estimate of drug-likeness (QED) is 0.815. The zero-order chi connectivity index (χ0) is 13.0. The van der Waals surface area contributed by atoms with Crippen molar-refractivity contribution < 1.29 is 10.2 Å². The Labute approximate surface area is 106 Å². The molecule has 1 aromatic carbocycles. The van der Waals surface area contributed by atoms with E-state index in [2.05, 4.69) is 10.2 Å². The van der Waals surface area contributed by atoms with Crippen LogP contribution >= 0.6 is 0 Å². The Morgan fingerprint density at radius 3 is 2.22 bits per heavy atom. The van der Waals surface area contributed by atoms with E-state index >= 15 is 0 Å². The molecule has 0 saturated heterocycles. The lowest BCUT2D eigenvalue weighted by molar-refractivity contribution is 0.280. The van der Waals surface area contributed by atoms with Gasteiger partial charge in [0.1, 0.15) is 0 Å². The standard InChI is InChI=1S/C13H17N3O2/c1-10-11-4-2-3-5-12(11)13(15-14-10)16(6-8-17)7-9-18/h2-5,17-18H,6-9H2,1H3. The van der Waals surface area contributed by atoms with Crippen LogP contribution in [0.4, 0.5) is 5.82 Å². The molecule has 1 heterocycles. The first-order valence-corrected chi connectivity index (χ1v) is 5.96. The first kappa shape index (κ1) is 12.7. The molecule has 0 aliphatic carbocycles. The van der Waals surface area contributed by atoms with Gasteiger partial charge in [-0.05, 0) is 6.92 Å². The third kappa shape index (κ3) is 2.42. The van der Waals surface area contributed by atoms with Crippen molar-refractivity contribution in [1.82, 2.24) is 10.2 Å². The van der Waals surface area contributed by atoms with Gasteiger partial charge in [-0.3, -0.25) is 0 Å². The van der Waals surface area contributed by atoms with E-state index in [9.17, 15) is 0 Å².